The van der Waals surface area contributed by atoms with Crippen molar-refractivity contribution in [3.8, 4) is 0 Å². The average molecular weight is 353 g/mol. The van der Waals surface area contributed by atoms with Crippen molar-refractivity contribution in [3.05, 3.63) is 42.0 Å². The monoisotopic (exact) mass is 353 g/mol. The number of amides is 4. The number of imide groups is 1. The molecule has 1 saturated heterocycles. The van der Waals surface area contributed by atoms with Crippen LogP contribution in [0.15, 0.2) is 36.4 Å². The van der Waals surface area contributed by atoms with Gasteiger partial charge in [-0.15, -0.1) is 0 Å². The lowest BCUT2D eigenvalue weighted by molar-refractivity contribution is -0.142. The van der Waals surface area contributed by atoms with Crippen LogP contribution in [-0.2, 0) is 9.59 Å². The van der Waals surface area contributed by atoms with E-state index in [1.54, 1.807) is 6.92 Å². The Morgan fingerprint density at radius 1 is 1.08 bits per heavy atom. The largest absolute Gasteiger partial charge is 0.320 e. The van der Waals surface area contributed by atoms with E-state index in [-0.39, 0.29) is 35.5 Å². The van der Waals surface area contributed by atoms with Gasteiger partial charge in [-0.3, -0.25) is 14.5 Å². The molecule has 5 rings (SSSR count). The Balaban J connectivity index is 1.46. The number of nitrogens with one attached hydrogen (secondary N) is 2. The Kier molecular flexibility index (Phi) is 4.05. The van der Waals surface area contributed by atoms with Gasteiger partial charge >= 0.3 is 6.03 Å². The van der Waals surface area contributed by atoms with Gasteiger partial charge < -0.3 is 10.6 Å². The molecule has 6 heteroatoms. The number of hydrogen-bond donors (Lipinski definition) is 2. The molecule has 1 aliphatic heterocycles. The van der Waals surface area contributed by atoms with Gasteiger partial charge in [0.25, 0.3) is 0 Å². The fourth-order valence-electron chi connectivity index (χ4n) is 4.60. The quantitative estimate of drug-likeness (QED) is 0.648. The van der Waals surface area contributed by atoms with Gasteiger partial charge in [0, 0.05) is 5.69 Å². The summed E-state index contributed by atoms with van der Waals surface area (Å²) in [6, 6.07) is 7.02. The van der Waals surface area contributed by atoms with Crippen molar-refractivity contribution in [1.82, 2.24) is 10.2 Å². The molecule has 4 aliphatic rings. The number of anilines is 1. The van der Waals surface area contributed by atoms with Crippen molar-refractivity contribution in [2.45, 2.75) is 32.9 Å². The number of aryl methyl sites for hydroxylation is 1. The van der Waals surface area contributed by atoms with Crippen LogP contribution in [0.5, 0.6) is 0 Å². The van der Waals surface area contributed by atoms with Crippen LogP contribution < -0.4 is 10.6 Å². The maximum Gasteiger partial charge on any atom is 0.320 e. The van der Waals surface area contributed by atoms with E-state index < -0.39 is 12.2 Å². The first kappa shape index (κ1) is 16.8. The third-order valence-electron chi connectivity index (χ3n) is 5.91. The van der Waals surface area contributed by atoms with Crippen molar-refractivity contribution < 1.29 is 14.4 Å². The normalized spacial score (nSPS) is 30.3. The van der Waals surface area contributed by atoms with Gasteiger partial charge in [-0.05, 0) is 50.2 Å². The van der Waals surface area contributed by atoms with Crippen molar-refractivity contribution in [1.29, 1.82) is 0 Å². The first-order valence-electron chi connectivity index (χ1n) is 9.16. The van der Waals surface area contributed by atoms with E-state index in [0.717, 1.165) is 18.4 Å². The zero-order chi connectivity index (χ0) is 18.4. The van der Waals surface area contributed by atoms with Gasteiger partial charge in [0.15, 0.2) is 0 Å². The number of urea groups is 1. The third-order valence-corrected chi connectivity index (χ3v) is 5.91. The molecule has 3 aliphatic carbocycles. The smallest absolute Gasteiger partial charge is 0.317 e. The lowest BCUT2D eigenvalue weighted by Gasteiger charge is -2.38. The van der Waals surface area contributed by atoms with Crippen LogP contribution in [-0.4, -0.2) is 28.9 Å². The number of para-hydroxylation sites is 1. The fourth-order valence-corrected chi connectivity index (χ4v) is 4.60. The second-order valence-corrected chi connectivity index (χ2v) is 7.48. The van der Waals surface area contributed by atoms with Crippen molar-refractivity contribution in [2.24, 2.45) is 23.7 Å². The number of carbonyl (C=O) groups excluding carboxylic acids is 3. The summed E-state index contributed by atoms with van der Waals surface area (Å²) in [5.41, 5.74) is 1.64. The standard InChI is InChI=1S/C20H23N3O3/c1-11-5-3-4-6-15(11)22-20(26)21-12(2)23-18(24)16-13-7-8-14(10-9-13)17(16)19(23)25/h3-8,12-14,16-17H,9-10H2,1-2H3,(H2,21,22,26)/t12-,13+,14+,16-,17+/m1/s1. The van der Waals surface area contributed by atoms with Crippen LogP contribution >= 0.6 is 0 Å². The molecule has 4 amide bonds. The molecule has 26 heavy (non-hydrogen) atoms. The minimum atomic E-state index is -0.677. The van der Waals surface area contributed by atoms with Crippen LogP contribution in [0, 0.1) is 30.6 Å². The summed E-state index contributed by atoms with van der Waals surface area (Å²) in [4.78, 5) is 39.3. The Labute approximate surface area is 152 Å². The number of hydrogen-bond acceptors (Lipinski definition) is 3. The summed E-state index contributed by atoms with van der Waals surface area (Å²) in [6.45, 7) is 3.58. The zero-order valence-electron chi connectivity index (χ0n) is 14.9. The molecule has 2 bridgehead atoms. The highest BCUT2D eigenvalue weighted by Crippen LogP contribution is 2.49. The predicted molar refractivity (Wildman–Crippen MR) is 97.0 cm³/mol. The minimum Gasteiger partial charge on any atom is -0.317 e. The van der Waals surface area contributed by atoms with E-state index in [1.165, 1.54) is 4.90 Å². The highest BCUT2D eigenvalue weighted by molar-refractivity contribution is 6.06. The molecule has 136 valence electrons. The summed E-state index contributed by atoms with van der Waals surface area (Å²) in [5, 5.41) is 5.51. The number of benzene rings is 1. The molecular weight excluding hydrogens is 330 g/mol. The number of rotatable bonds is 3. The molecule has 1 saturated carbocycles. The third kappa shape index (κ3) is 2.60. The topological polar surface area (TPSA) is 78.5 Å². The first-order valence-corrected chi connectivity index (χ1v) is 9.16. The molecule has 1 heterocycles. The highest BCUT2D eigenvalue weighted by Gasteiger charge is 2.57. The number of likely N-dealkylation sites (tertiary alicyclic amines) is 1. The van der Waals surface area contributed by atoms with E-state index in [1.807, 2.05) is 31.2 Å². The highest BCUT2D eigenvalue weighted by atomic mass is 16.2. The van der Waals surface area contributed by atoms with E-state index >= 15 is 0 Å². The summed E-state index contributed by atoms with van der Waals surface area (Å²) < 4.78 is 0. The second-order valence-electron chi connectivity index (χ2n) is 7.48. The van der Waals surface area contributed by atoms with Gasteiger partial charge in [0.05, 0.1) is 11.8 Å². The Morgan fingerprint density at radius 3 is 2.19 bits per heavy atom. The lowest BCUT2D eigenvalue weighted by Crippen LogP contribution is -2.50. The van der Waals surface area contributed by atoms with Crippen LogP contribution in [0.4, 0.5) is 10.5 Å². The molecule has 5 atom stereocenters. The van der Waals surface area contributed by atoms with Crippen LogP contribution in [0.3, 0.4) is 0 Å². The van der Waals surface area contributed by atoms with Crippen LogP contribution in [0.2, 0.25) is 0 Å². The summed E-state index contributed by atoms with van der Waals surface area (Å²) in [5.74, 6) is -0.505. The van der Waals surface area contributed by atoms with Crippen molar-refractivity contribution in [2.75, 3.05) is 5.32 Å². The molecule has 2 fully saturated rings. The van der Waals surface area contributed by atoms with Gasteiger partial charge in [0.2, 0.25) is 11.8 Å². The zero-order valence-corrected chi connectivity index (χ0v) is 14.9. The van der Waals surface area contributed by atoms with Gasteiger partial charge in [-0.2, -0.15) is 0 Å². The maximum absolute atomic E-state index is 12.9. The number of fused-ring (bicyclic) bond motifs is 1. The number of carbonyl (C=O) groups is 3. The summed E-state index contributed by atoms with van der Waals surface area (Å²) >= 11 is 0. The Bertz CT molecular complexity index is 771. The maximum atomic E-state index is 12.9. The second kappa shape index (κ2) is 6.27. The van der Waals surface area contributed by atoms with Gasteiger partial charge in [0.1, 0.15) is 6.17 Å². The molecule has 0 aromatic heterocycles. The van der Waals surface area contributed by atoms with E-state index in [0.29, 0.717) is 5.69 Å². The van der Waals surface area contributed by atoms with Crippen LogP contribution in [0.25, 0.3) is 0 Å². The first-order chi connectivity index (χ1) is 12.5. The molecule has 2 N–H and O–H groups in total. The fraction of sp³-hybridized carbons (Fsp3) is 0.450. The van der Waals surface area contributed by atoms with Crippen molar-refractivity contribution in [3.63, 3.8) is 0 Å². The number of allylic oxidation sites excluding steroid dienone is 2. The van der Waals surface area contributed by atoms with E-state index in [2.05, 4.69) is 22.8 Å². The Hall–Kier alpha value is -2.63. The number of nitrogens with zero attached hydrogens (tertiary/aromatic N) is 1. The van der Waals surface area contributed by atoms with E-state index in [4.69, 9.17) is 0 Å². The summed E-state index contributed by atoms with van der Waals surface area (Å²) in [7, 11) is 0. The molecule has 6 nitrogen and oxygen atoms in total. The molecule has 1 aromatic rings. The Morgan fingerprint density at radius 2 is 1.65 bits per heavy atom. The average Bonchev–Trinajstić information content (AvgIpc) is 2.91. The lowest BCUT2D eigenvalue weighted by atomic mass is 9.63. The molecule has 0 unspecified atom stereocenters. The minimum absolute atomic E-state index is 0.150. The molecule has 0 radical (unpaired) electrons. The van der Waals surface area contributed by atoms with E-state index in [9.17, 15) is 14.4 Å². The SMILES string of the molecule is Cc1ccccc1NC(=O)N[C@@H](C)N1C(=O)[C@@H]2[C@H](C1=O)[C@H]1C=C[C@H]2CC1. The van der Waals surface area contributed by atoms with Crippen LogP contribution in [0.1, 0.15) is 25.3 Å². The molecule has 1 aromatic carbocycles. The predicted octanol–water partition coefficient (Wildman–Crippen LogP) is 2.66. The molecule has 0 spiro atoms. The van der Waals surface area contributed by atoms with Gasteiger partial charge in [-0.25, -0.2) is 4.79 Å². The summed E-state index contributed by atoms with van der Waals surface area (Å²) in [6.07, 6.45) is 5.43. The van der Waals surface area contributed by atoms with Crippen molar-refractivity contribution >= 4 is 23.5 Å². The molecular formula is C20H23N3O3. The van der Waals surface area contributed by atoms with Gasteiger partial charge in [-0.1, -0.05) is 30.4 Å².